The van der Waals surface area contributed by atoms with E-state index in [0.29, 0.717) is 18.1 Å². The van der Waals surface area contributed by atoms with Crippen LogP contribution < -0.4 is 0 Å². The van der Waals surface area contributed by atoms with Gasteiger partial charge in [-0.1, -0.05) is 13.8 Å². The minimum atomic E-state index is 0.388. The number of hydrogen-bond acceptors (Lipinski definition) is 2. The van der Waals surface area contributed by atoms with E-state index in [9.17, 15) is 0 Å². The van der Waals surface area contributed by atoms with Crippen LogP contribution in [-0.4, -0.2) is 26.4 Å². The zero-order valence-corrected chi connectivity index (χ0v) is 8.54. The molecular formula is C10H20O2. The summed E-state index contributed by atoms with van der Waals surface area (Å²) in [5, 5.41) is 0. The maximum atomic E-state index is 5.43. The maximum absolute atomic E-state index is 5.43. The van der Waals surface area contributed by atoms with Gasteiger partial charge < -0.3 is 9.47 Å². The third-order valence-corrected chi connectivity index (χ3v) is 3.05. The van der Waals surface area contributed by atoms with Gasteiger partial charge in [0.25, 0.3) is 0 Å². The maximum Gasteiger partial charge on any atom is 0.0624 e. The molecule has 2 atom stereocenters. The molecule has 0 bridgehead atoms. The quantitative estimate of drug-likeness (QED) is 0.635. The van der Waals surface area contributed by atoms with E-state index in [1.807, 2.05) is 0 Å². The second-order valence-electron chi connectivity index (χ2n) is 3.98. The van der Waals surface area contributed by atoms with E-state index < -0.39 is 0 Å². The first kappa shape index (κ1) is 10.0. The van der Waals surface area contributed by atoms with E-state index in [0.717, 1.165) is 5.92 Å². The number of rotatable bonds is 2. The average Bonchev–Trinajstić information content (AvgIpc) is 2.08. The Kier molecular flexibility index (Phi) is 3.53. The van der Waals surface area contributed by atoms with Crippen molar-refractivity contribution in [2.24, 2.45) is 11.8 Å². The van der Waals surface area contributed by atoms with Crippen LogP contribution in [0.2, 0.25) is 0 Å². The van der Waals surface area contributed by atoms with Gasteiger partial charge in [0.05, 0.1) is 12.2 Å². The Morgan fingerprint density at radius 2 is 1.33 bits per heavy atom. The van der Waals surface area contributed by atoms with Crippen LogP contribution in [0.3, 0.4) is 0 Å². The highest BCUT2D eigenvalue weighted by Crippen LogP contribution is 2.32. The predicted molar refractivity (Wildman–Crippen MR) is 49.2 cm³/mol. The highest BCUT2D eigenvalue weighted by atomic mass is 16.5. The first-order valence-electron chi connectivity index (χ1n) is 4.74. The summed E-state index contributed by atoms with van der Waals surface area (Å²) in [6.07, 6.45) is 3.13. The summed E-state index contributed by atoms with van der Waals surface area (Å²) in [5.74, 6) is 1.27. The molecule has 0 heterocycles. The van der Waals surface area contributed by atoms with Crippen LogP contribution in [0.4, 0.5) is 0 Å². The molecule has 0 N–H and O–H groups in total. The van der Waals surface area contributed by atoms with Gasteiger partial charge in [-0.25, -0.2) is 0 Å². The fraction of sp³-hybridized carbons (Fsp3) is 1.00. The molecule has 0 aliphatic heterocycles. The van der Waals surface area contributed by atoms with Crippen LogP contribution in [0.1, 0.15) is 26.7 Å². The Bertz CT molecular complexity index is 122. The van der Waals surface area contributed by atoms with E-state index in [1.165, 1.54) is 12.8 Å². The minimum absolute atomic E-state index is 0.388. The normalized spacial score (nSPS) is 43.0. The largest absolute Gasteiger partial charge is 0.381 e. The van der Waals surface area contributed by atoms with Gasteiger partial charge in [-0.2, -0.15) is 0 Å². The molecule has 2 nitrogen and oxygen atoms in total. The molecule has 0 amide bonds. The number of hydrogen-bond donors (Lipinski definition) is 0. The van der Waals surface area contributed by atoms with Gasteiger partial charge in [0, 0.05) is 20.1 Å². The minimum Gasteiger partial charge on any atom is -0.381 e. The third kappa shape index (κ3) is 1.99. The topological polar surface area (TPSA) is 18.5 Å². The van der Waals surface area contributed by atoms with Gasteiger partial charge in [-0.15, -0.1) is 0 Å². The molecule has 1 aliphatic carbocycles. The molecule has 2 heteroatoms. The Hall–Kier alpha value is -0.0800. The second kappa shape index (κ2) is 4.24. The van der Waals surface area contributed by atoms with Crippen LogP contribution in [-0.2, 0) is 9.47 Å². The first-order valence-corrected chi connectivity index (χ1v) is 4.74. The van der Waals surface area contributed by atoms with Crippen molar-refractivity contribution in [2.45, 2.75) is 38.9 Å². The second-order valence-corrected chi connectivity index (χ2v) is 3.98. The molecule has 12 heavy (non-hydrogen) atoms. The summed E-state index contributed by atoms with van der Waals surface area (Å²) >= 11 is 0. The summed E-state index contributed by atoms with van der Waals surface area (Å²) in [6.45, 7) is 4.48. The zero-order valence-electron chi connectivity index (χ0n) is 8.54. The van der Waals surface area contributed by atoms with Gasteiger partial charge >= 0.3 is 0 Å². The predicted octanol–water partition coefficient (Wildman–Crippen LogP) is 2.08. The molecule has 1 aliphatic rings. The molecular weight excluding hydrogens is 152 g/mol. The Morgan fingerprint density at radius 1 is 0.917 bits per heavy atom. The van der Waals surface area contributed by atoms with Gasteiger partial charge in [0.2, 0.25) is 0 Å². The molecule has 72 valence electrons. The van der Waals surface area contributed by atoms with Crippen molar-refractivity contribution in [3.05, 3.63) is 0 Å². The third-order valence-electron chi connectivity index (χ3n) is 3.05. The molecule has 0 aromatic carbocycles. The molecule has 0 radical (unpaired) electrons. The molecule has 0 spiro atoms. The molecule has 1 saturated carbocycles. The monoisotopic (exact) mass is 172 g/mol. The van der Waals surface area contributed by atoms with Crippen molar-refractivity contribution in [3.8, 4) is 0 Å². The van der Waals surface area contributed by atoms with E-state index in [1.54, 1.807) is 14.2 Å². The summed E-state index contributed by atoms with van der Waals surface area (Å²) in [4.78, 5) is 0. The Morgan fingerprint density at radius 3 is 1.67 bits per heavy atom. The van der Waals surface area contributed by atoms with Gasteiger partial charge in [0.15, 0.2) is 0 Å². The highest BCUT2D eigenvalue weighted by molar-refractivity contribution is 4.83. The van der Waals surface area contributed by atoms with Crippen molar-refractivity contribution in [3.63, 3.8) is 0 Å². The van der Waals surface area contributed by atoms with Crippen molar-refractivity contribution in [1.29, 1.82) is 0 Å². The lowest BCUT2D eigenvalue weighted by atomic mass is 9.79. The summed E-state index contributed by atoms with van der Waals surface area (Å²) in [6, 6.07) is 0. The number of ether oxygens (including phenoxy) is 2. The number of methoxy groups -OCH3 is 2. The summed E-state index contributed by atoms with van der Waals surface area (Å²) < 4.78 is 10.9. The molecule has 0 saturated heterocycles. The first-order chi connectivity index (χ1) is 5.69. The van der Waals surface area contributed by atoms with Crippen LogP contribution >= 0.6 is 0 Å². The van der Waals surface area contributed by atoms with E-state index >= 15 is 0 Å². The van der Waals surface area contributed by atoms with Crippen molar-refractivity contribution in [1.82, 2.24) is 0 Å². The Labute approximate surface area is 75.2 Å². The Balaban J connectivity index is 2.55. The standard InChI is InChI=1S/C10H20O2/c1-7-5-9(11-3)8(2)10(6-7)12-4/h7-10H,5-6H2,1-4H3. The lowest BCUT2D eigenvalue weighted by Crippen LogP contribution is -2.39. The van der Waals surface area contributed by atoms with Crippen LogP contribution in [0.15, 0.2) is 0 Å². The lowest BCUT2D eigenvalue weighted by Gasteiger charge is -2.37. The molecule has 0 aromatic heterocycles. The van der Waals surface area contributed by atoms with Crippen LogP contribution in [0.5, 0.6) is 0 Å². The molecule has 0 aromatic rings. The smallest absolute Gasteiger partial charge is 0.0624 e. The molecule has 2 unspecified atom stereocenters. The lowest BCUT2D eigenvalue weighted by molar-refractivity contribution is -0.0710. The van der Waals surface area contributed by atoms with E-state index in [-0.39, 0.29) is 0 Å². The summed E-state index contributed by atoms with van der Waals surface area (Å²) in [7, 11) is 3.60. The van der Waals surface area contributed by atoms with Gasteiger partial charge in [-0.05, 0) is 18.8 Å². The van der Waals surface area contributed by atoms with E-state index in [4.69, 9.17) is 9.47 Å². The van der Waals surface area contributed by atoms with E-state index in [2.05, 4.69) is 13.8 Å². The summed E-state index contributed by atoms with van der Waals surface area (Å²) in [5.41, 5.74) is 0. The van der Waals surface area contributed by atoms with Gasteiger partial charge in [-0.3, -0.25) is 0 Å². The molecule has 1 fully saturated rings. The van der Waals surface area contributed by atoms with Crippen LogP contribution in [0, 0.1) is 11.8 Å². The average molecular weight is 172 g/mol. The van der Waals surface area contributed by atoms with Crippen molar-refractivity contribution < 1.29 is 9.47 Å². The SMILES string of the molecule is COC1CC(C)CC(OC)C1C. The van der Waals surface area contributed by atoms with Crippen molar-refractivity contribution in [2.75, 3.05) is 14.2 Å². The highest BCUT2D eigenvalue weighted by Gasteiger charge is 2.33. The fourth-order valence-corrected chi connectivity index (χ4v) is 2.18. The van der Waals surface area contributed by atoms with Crippen LogP contribution in [0.25, 0.3) is 0 Å². The fourth-order valence-electron chi connectivity index (χ4n) is 2.18. The molecule has 1 rings (SSSR count). The van der Waals surface area contributed by atoms with Gasteiger partial charge in [0.1, 0.15) is 0 Å². The van der Waals surface area contributed by atoms with Crippen molar-refractivity contribution >= 4 is 0 Å². The zero-order chi connectivity index (χ0) is 9.14.